The van der Waals surface area contributed by atoms with E-state index in [2.05, 4.69) is 35.5 Å². The van der Waals surface area contributed by atoms with E-state index < -0.39 is 0 Å². The first kappa shape index (κ1) is 14.0. The van der Waals surface area contributed by atoms with Crippen molar-refractivity contribution in [3.63, 3.8) is 0 Å². The highest BCUT2D eigenvalue weighted by Crippen LogP contribution is 2.24. The molecule has 1 aromatic heterocycles. The number of carbonyl (C=O) groups is 1. The molecule has 0 saturated heterocycles. The molecule has 1 amide bonds. The Kier molecular flexibility index (Phi) is 4.50. The van der Waals surface area contributed by atoms with Crippen molar-refractivity contribution in [2.75, 3.05) is 18.4 Å². The highest BCUT2D eigenvalue weighted by atomic mass is 16.2. The maximum Gasteiger partial charge on any atom is 0.243 e. The molecule has 5 nitrogen and oxygen atoms in total. The molecule has 0 bridgehead atoms. The maximum atomic E-state index is 11.9. The van der Waals surface area contributed by atoms with Crippen LogP contribution in [-0.4, -0.2) is 30.0 Å². The Bertz CT molecular complexity index is 459. The topological polar surface area (TPSA) is 80.0 Å². The third-order valence-corrected chi connectivity index (χ3v) is 3.41. The molecule has 2 rings (SSSR count). The number of nitrogens with one attached hydrogen (secondary N) is 2. The summed E-state index contributed by atoms with van der Waals surface area (Å²) in [7, 11) is 0. The third kappa shape index (κ3) is 3.30. The van der Waals surface area contributed by atoms with E-state index in [0.29, 0.717) is 24.7 Å². The van der Waals surface area contributed by atoms with Crippen LogP contribution in [0.4, 0.5) is 5.82 Å². The van der Waals surface area contributed by atoms with Gasteiger partial charge in [-0.05, 0) is 36.6 Å². The van der Waals surface area contributed by atoms with E-state index in [1.165, 1.54) is 5.56 Å². The summed E-state index contributed by atoms with van der Waals surface area (Å²) in [6.07, 6.45) is 3.41. The lowest BCUT2D eigenvalue weighted by Gasteiger charge is -2.25. The van der Waals surface area contributed by atoms with Crippen LogP contribution in [0.25, 0.3) is 0 Å². The number of anilines is 1. The Morgan fingerprint density at radius 3 is 3.05 bits per heavy atom. The second-order valence-electron chi connectivity index (χ2n) is 5.27. The number of nitrogens with zero attached hydrogens (tertiary/aromatic N) is 1. The van der Waals surface area contributed by atoms with Gasteiger partial charge in [-0.25, -0.2) is 4.98 Å². The molecule has 1 atom stereocenters. The van der Waals surface area contributed by atoms with Crippen LogP contribution in [0, 0.1) is 0 Å². The van der Waals surface area contributed by atoms with Crippen LogP contribution < -0.4 is 16.4 Å². The number of pyridine rings is 1. The highest BCUT2D eigenvalue weighted by Gasteiger charge is 2.26. The quantitative estimate of drug-likeness (QED) is 0.692. The summed E-state index contributed by atoms with van der Waals surface area (Å²) in [5.41, 5.74) is 7.77. The van der Waals surface area contributed by atoms with E-state index in [4.69, 9.17) is 5.73 Å². The van der Waals surface area contributed by atoms with Crippen molar-refractivity contribution < 1.29 is 4.79 Å². The normalized spacial score (nSPS) is 18.3. The van der Waals surface area contributed by atoms with Crippen molar-refractivity contribution in [2.24, 2.45) is 5.73 Å². The van der Waals surface area contributed by atoms with E-state index in [-0.39, 0.29) is 11.9 Å². The second kappa shape index (κ2) is 6.12. The zero-order valence-electron chi connectivity index (χ0n) is 11.6. The molecule has 4 N–H and O–H groups in total. The minimum absolute atomic E-state index is 0.00526. The smallest absolute Gasteiger partial charge is 0.243 e. The van der Waals surface area contributed by atoms with Crippen molar-refractivity contribution >= 4 is 11.7 Å². The van der Waals surface area contributed by atoms with Gasteiger partial charge in [0.15, 0.2) is 0 Å². The fraction of sp³-hybridized carbons (Fsp3) is 0.571. The lowest BCUT2D eigenvalue weighted by molar-refractivity contribution is -0.118. The zero-order chi connectivity index (χ0) is 13.8. The molecule has 1 unspecified atom stereocenters. The number of hydrogen-bond acceptors (Lipinski definition) is 4. The summed E-state index contributed by atoms with van der Waals surface area (Å²) in [5.74, 6) is 1.14. The average molecular weight is 262 g/mol. The molecule has 0 saturated carbocycles. The number of carbonyl (C=O) groups excluding carboxylic acids is 1. The molecule has 1 aromatic rings. The maximum absolute atomic E-state index is 11.9. The fourth-order valence-corrected chi connectivity index (χ4v) is 2.17. The van der Waals surface area contributed by atoms with Gasteiger partial charge in [-0.15, -0.1) is 0 Å². The van der Waals surface area contributed by atoms with Crippen molar-refractivity contribution in [3.8, 4) is 0 Å². The molecule has 0 fully saturated rings. The fourth-order valence-electron chi connectivity index (χ4n) is 2.17. The van der Waals surface area contributed by atoms with Crippen LogP contribution in [0.3, 0.4) is 0 Å². The number of nitrogens with two attached hydrogens (primary N) is 1. The van der Waals surface area contributed by atoms with Gasteiger partial charge in [0.05, 0.1) is 6.04 Å². The van der Waals surface area contributed by atoms with Crippen LogP contribution in [0.15, 0.2) is 12.3 Å². The molecule has 1 aliphatic heterocycles. The highest BCUT2D eigenvalue weighted by molar-refractivity contribution is 5.97. The van der Waals surface area contributed by atoms with Crippen molar-refractivity contribution in [1.82, 2.24) is 10.3 Å². The van der Waals surface area contributed by atoms with Crippen LogP contribution in [0.5, 0.6) is 0 Å². The number of aromatic nitrogens is 1. The van der Waals surface area contributed by atoms with E-state index in [0.717, 1.165) is 18.5 Å². The standard InChI is InChI=1S/C14H22N4O/c1-9(2)11-6-10-7-12(16-5-3-4-15)14(19)18-13(10)17-8-11/h6,8-9,12,16H,3-5,7,15H2,1-2H3,(H,17,18,19). The number of fused-ring (bicyclic) bond motifs is 1. The predicted octanol–water partition coefficient (Wildman–Crippen LogP) is 1.01. The minimum Gasteiger partial charge on any atom is -0.330 e. The van der Waals surface area contributed by atoms with Gasteiger partial charge < -0.3 is 16.4 Å². The van der Waals surface area contributed by atoms with Gasteiger partial charge in [-0.3, -0.25) is 4.79 Å². The molecule has 2 heterocycles. The Morgan fingerprint density at radius 1 is 1.58 bits per heavy atom. The zero-order valence-corrected chi connectivity index (χ0v) is 11.6. The first-order valence-electron chi connectivity index (χ1n) is 6.85. The average Bonchev–Trinajstić information content (AvgIpc) is 2.39. The lowest BCUT2D eigenvalue weighted by Crippen LogP contribution is -2.46. The molecule has 19 heavy (non-hydrogen) atoms. The molecular formula is C14H22N4O. The van der Waals surface area contributed by atoms with E-state index in [1.807, 2.05) is 6.20 Å². The van der Waals surface area contributed by atoms with Crippen LogP contribution in [-0.2, 0) is 11.2 Å². The van der Waals surface area contributed by atoms with Gasteiger partial charge in [0.1, 0.15) is 5.82 Å². The second-order valence-corrected chi connectivity index (χ2v) is 5.27. The van der Waals surface area contributed by atoms with Gasteiger partial charge >= 0.3 is 0 Å². The van der Waals surface area contributed by atoms with Crippen molar-refractivity contribution in [2.45, 2.75) is 38.6 Å². The predicted molar refractivity (Wildman–Crippen MR) is 76.1 cm³/mol. The van der Waals surface area contributed by atoms with Crippen LogP contribution >= 0.6 is 0 Å². The van der Waals surface area contributed by atoms with Crippen molar-refractivity contribution in [3.05, 3.63) is 23.4 Å². The third-order valence-electron chi connectivity index (χ3n) is 3.41. The number of amides is 1. The monoisotopic (exact) mass is 262 g/mol. The van der Waals surface area contributed by atoms with Gasteiger partial charge in [0.2, 0.25) is 5.91 Å². The van der Waals surface area contributed by atoms with Crippen LogP contribution in [0.2, 0.25) is 0 Å². The van der Waals surface area contributed by atoms with Gasteiger partial charge in [0, 0.05) is 12.6 Å². The Labute approximate surface area is 114 Å². The first-order valence-corrected chi connectivity index (χ1v) is 6.85. The van der Waals surface area contributed by atoms with Crippen molar-refractivity contribution in [1.29, 1.82) is 0 Å². The number of hydrogen-bond donors (Lipinski definition) is 3. The van der Waals surface area contributed by atoms with E-state index in [1.54, 1.807) is 0 Å². The lowest BCUT2D eigenvalue weighted by atomic mass is 9.97. The summed E-state index contributed by atoms with van der Waals surface area (Å²) >= 11 is 0. The molecule has 1 aliphatic rings. The largest absolute Gasteiger partial charge is 0.330 e. The molecule has 0 aliphatic carbocycles. The summed E-state index contributed by atoms with van der Waals surface area (Å²) in [6, 6.07) is 1.97. The molecule has 104 valence electrons. The molecule has 5 heteroatoms. The Balaban J connectivity index is 2.10. The first-order chi connectivity index (χ1) is 9.11. The number of rotatable bonds is 5. The molecule has 0 aromatic carbocycles. The van der Waals surface area contributed by atoms with E-state index >= 15 is 0 Å². The Morgan fingerprint density at radius 2 is 2.37 bits per heavy atom. The van der Waals surface area contributed by atoms with E-state index in [9.17, 15) is 4.79 Å². The minimum atomic E-state index is -0.178. The summed E-state index contributed by atoms with van der Waals surface area (Å²) in [6.45, 7) is 5.68. The van der Waals surface area contributed by atoms with Gasteiger partial charge in [0.25, 0.3) is 0 Å². The molecule has 0 radical (unpaired) electrons. The molecule has 0 spiro atoms. The molecular weight excluding hydrogens is 240 g/mol. The van der Waals surface area contributed by atoms with Gasteiger partial charge in [-0.1, -0.05) is 19.9 Å². The summed E-state index contributed by atoms with van der Waals surface area (Å²) in [4.78, 5) is 16.3. The summed E-state index contributed by atoms with van der Waals surface area (Å²) in [5, 5.41) is 6.10. The Hall–Kier alpha value is -1.46. The SMILES string of the molecule is CC(C)c1cnc2c(c1)CC(NCCCN)C(=O)N2. The summed E-state index contributed by atoms with van der Waals surface area (Å²) < 4.78 is 0. The van der Waals surface area contributed by atoms with Crippen LogP contribution in [0.1, 0.15) is 37.3 Å². The van der Waals surface area contributed by atoms with Gasteiger partial charge in [-0.2, -0.15) is 0 Å².